The molecule has 3 aromatic heterocycles. The minimum Gasteiger partial charge on any atom is -0.496 e. The maximum absolute atomic E-state index is 5.51. The lowest BCUT2D eigenvalue weighted by Gasteiger charge is -2.09. The van der Waals surface area contributed by atoms with Crippen LogP contribution in [0.1, 0.15) is 5.69 Å². The van der Waals surface area contributed by atoms with Crippen molar-refractivity contribution in [2.24, 2.45) is 0 Å². The highest BCUT2D eigenvalue weighted by Gasteiger charge is 2.17. The molecule has 0 saturated heterocycles. The first-order valence-corrected chi connectivity index (χ1v) is 8.15. The summed E-state index contributed by atoms with van der Waals surface area (Å²) in [6.45, 7) is 1.90. The van der Waals surface area contributed by atoms with E-state index in [2.05, 4.69) is 16.6 Å². The van der Waals surface area contributed by atoms with Crippen LogP contribution in [0.25, 0.3) is 33.5 Å². The van der Waals surface area contributed by atoms with Crippen LogP contribution in [-0.4, -0.2) is 17.3 Å². The highest BCUT2D eigenvalue weighted by atomic mass is 32.1. The van der Waals surface area contributed by atoms with Crippen LogP contribution in [0.3, 0.4) is 0 Å². The first-order chi connectivity index (χ1) is 11.3. The second-order valence-electron chi connectivity index (χ2n) is 5.21. The fourth-order valence-corrected chi connectivity index (χ4v) is 3.31. The molecule has 5 heteroatoms. The normalized spacial score (nSPS) is 11.0. The molecule has 0 radical (unpaired) electrons. The molecule has 3 heterocycles. The molecule has 0 saturated carbocycles. The molecule has 0 bridgehead atoms. The van der Waals surface area contributed by atoms with E-state index in [9.17, 15) is 0 Å². The van der Waals surface area contributed by atoms with Crippen molar-refractivity contribution in [2.75, 3.05) is 7.11 Å². The summed E-state index contributed by atoms with van der Waals surface area (Å²) >= 11 is 1.65. The Balaban J connectivity index is 2.03. The van der Waals surface area contributed by atoms with E-state index in [1.807, 2.05) is 42.6 Å². The molecule has 0 N–H and O–H groups in total. The number of rotatable bonds is 3. The van der Waals surface area contributed by atoms with E-state index in [1.54, 1.807) is 18.4 Å². The third-order valence-corrected chi connectivity index (χ3v) is 4.49. The summed E-state index contributed by atoms with van der Waals surface area (Å²) in [6, 6.07) is 12.0. The van der Waals surface area contributed by atoms with Crippen molar-refractivity contribution in [3.63, 3.8) is 0 Å². The van der Waals surface area contributed by atoms with E-state index >= 15 is 0 Å². The van der Waals surface area contributed by atoms with Crippen molar-refractivity contribution in [1.82, 2.24) is 10.1 Å². The molecule has 1 aromatic carbocycles. The molecular weight excluding hydrogens is 308 g/mol. The molecule has 0 amide bonds. The lowest BCUT2D eigenvalue weighted by Crippen LogP contribution is -1.92. The van der Waals surface area contributed by atoms with Crippen molar-refractivity contribution < 1.29 is 9.26 Å². The van der Waals surface area contributed by atoms with Gasteiger partial charge in [0.05, 0.1) is 12.8 Å². The highest BCUT2D eigenvalue weighted by molar-refractivity contribution is 7.08. The number of aryl methyl sites for hydroxylation is 1. The Kier molecular flexibility index (Phi) is 3.35. The summed E-state index contributed by atoms with van der Waals surface area (Å²) in [7, 11) is 1.67. The van der Waals surface area contributed by atoms with Gasteiger partial charge in [0.1, 0.15) is 17.0 Å². The molecule has 23 heavy (non-hydrogen) atoms. The maximum atomic E-state index is 5.51. The SMILES string of the molecule is COc1ccccc1-c1cc(-c2ccsc2)c2onc(C)c2n1. The number of benzene rings is 1. The van der Waals surface area contributed by atoms with Gasteiger partial charge >= 0.3 is 0 Å². The van der Waals surface area contributed by atoms with Gasteiger partial charge in [-0.15, -0.1) is 0 Å². The number of methoxy groups -OCH3 is 1. The molecule has 4 nitrogen and oxygen atoms in total. The standard InChI is InChI=1S/C18H14N2O2S/c1-11-17-18(22-20-11)14(12-7-8-23-10-12)9-15(19-17)13-5-3-4-6-16(13)21-2/h3-10H,1-2H3. The second kappa shape index (κ2) is 5.52. The van der Waals surface area contributed by atoms with Gasteiger partial charge in [0.15, 0.2) is 5.58 Å². The topological polar surface area (TPSA) is 48.2 Å². The zero-order valence-corrected chi connectivity index (χ0v) is 13.6. The molecule has 0 aliphatic heterocycles. The van der Waals surface area contributed by atoms with Gasteiger partial charge in [-0.25, -0.2) is 4.98 Å². The van der Waals surface area contributed by atoms with E-state index in [4.69, 9.17) is 14.2 Å². The third kappa shape index (κ3) is 2.29. The number of para-hydroxylation sites is 1. The zero-order valence-electron chi connectivity index (χ0n) is 12.7. The van der Waals surface area contributed by atoms with Crippen LogP contribution >= 0.6 is 11.3 Å². The Hall–Kier alpha value is -2.66. The summed E-state index contributed by atoms with van der Waals surface area (Å²) < 4.78 is 11.0. The Morgan fingerprint density at radius 2 is 2.00 bits per heavy atom. The molecule has 0 fully saturated rings. The summed E-state index contributed by atoms with van der Waals surface area (Å²) in [6.07, 6.45) is 0. The predicted octanol–water partition coefficient (Wildman–Crippen LogP) is 4.94. The van der Waals surface area contributed by atoms with E-state index in [-0.39, 0.29) is 0 Å². The van der Waals surface area contributed by atoms with E-state index in [0.29, 0.717) is 0 Å². The number of ether oxygens (including phenoxy) is 1. The molecule has 0 aliphatic carbocycles. The Labute approximate surface area is 137 Å². The lowest BCUT2D eigenvalue weighted by atomic mass is 10.0. The average Bonchev–Trinajstić information content (AvgIpc) is 3.24. The number of fused-ring (bicyclic) bond motifs is 1. The third-order valence-electron chi connectivity index (χ3n) is 3.80. The monoisotopic (exact) mass is 322 g/mol. The minimum absolute atomic E-state index is 0.722. The zero-order chi connectivity index (χ0) is 15.8. The van der Waals surface area contributed by atoms with Crippen LogP contribution in [0.2, 0.25) is 0 Å². The van der Waals surface area contributed by atoms with Gasteiger partial charge in [-0.3, -0.25) is 0 Å². The Bertz CT molecular complexity index is 974. The summed E-state index contributed by atoms with van der Waals surface area (Å²) in [4.78, 5) is 4.75. The van der Waals surface area contributed by atoms with Crippen molar-refractivity contribution in [2.45, 2.75) is 6.92 Å². The van der Waals surface area contributed by atoms with Crippen LogP contribution in [0, 0.1) is 6.92 Å². The molecule has 0 atom stereocenters. The largest absolute Gasteiger partial charge is 0.496 e. The molecule has 4 aromatic rings. The van der Waals surface area contributed by atoms with E-state index in [0.717, 1.165) is 44.9 Å². The summed E-state index contributed by atoms with van der Waals surface area (Å²) in [5, 5.41) is 8.22. The number of pyridine rings is 1. The minimum atomic E-state index is 0.722. The number of hydrogen-bond acceptors (Lipinski definition) is 5. The van der Waals surface area contributed by atoms with Crippen LogP contribution in [0.4, 0.5) is 0 Å². The number of nitrogens with zero attached hydrogens (tertiary/aromatic N) is 2. The molecule has 0 unspecified atom stereocenters. The highest BCUT2D eigenvalue weighted by Crippen LogP contribution is 2.36. The number of aromatic nitrogens is 2. The van der Waals surface area contributed by atoms with E-state index < -0.39 is 0 Å². The van der Waals surface area contributed by atoms with Gasteiger partial charge in [-0.05, 0) is 47.5 Å². The number of thiophene rings is 1. The molecule has 0 spiro atoms. The fourth-order valence-electron chi connectivity index (χ4n) is 2.65. The number of hydrogen-bond donors (Lipinski definition) is 0. The van der Waals surface area contributed by atoms with Crippen LogP contribution in [0.5, 0.6) is 5.75 Å². The van der Waals surface area contributed by atoms with Crippen LogP contribution in [0.15, 0.2) is 51.7 Å². The van der Waals surface area contributed by atoms with Crippen LogP contribution < -0.4 is 4.74 Å². The maximum Gasteiger partial charge on any atom is 0.193 e. The molecule has 4 rings (SSSR count). The summed E-state index contributed by atoms with van der Waals surface area (Å²) in [5.41, 5.74) is 6.20. The van der Waals surface area contributed by atoms with E-state index in [1.165, 1.54) is 0 Å². The van der Waals surface area contributed by atoms with Crippen molar-refractivity contribution in [1.29, 1.82) is 0 Å². The van der Waals surface area contributed by atoms with Gasteiger partial charge in [0.2, 0.25) is 0 Å². The second-order valence-corrected chi connectivity index (χ2v) is 5.99. The quantitative estimate of drug-likeness (QED) is 0.536. The first-order valence-electron chi connectivity index (χ1n) is 7.21. The molecule has 114 valence electrons. The fraction of sp³-hybridized carbons (Fsp3) is 0.111. The lowest BCUT2D eigenvalue weighted by molar-refractivity contribution is 0.416. The van der Waals surface area contributed by atoms with Gasteiger partial charge in [-0.2, -0.15) is 11.3 Å². The summed E-state index contributed by atoms with van der Waals surface area (Å²) in [5.74, 6) is 0.796. The van der Waals surface area contributed by atoms with Crippen molar-refractivity contribution in [3.05, 3.63) is 52.9 Å². The molecular formula is C18H14N2O2S. The van der Waals surface area contributed by atoms with Crippen molar-refractivity contribution >= 4 is 22.4 Å². The Morgan fingerprint density at radius 1 is 1.13 bits per heavy atom. The van der Waals surface area contributed by atoms with Gasteiger partial charge < -0.3 is 9.26 Å². The Morgan fingerprint density at radius 3 is 2.78 bits per heavy atom. The first kappa shape index (κ1) is 14.0. The van der Waals surface area contributed by atoms with Gasteiger partial charge in [0.25, 0.3) is 0 Å². The van der Waals surface area contributed by atoms with Gasteiger partial charge in [0, 0.05) is 11.1 Å². The van der Waals surface area contributed by atoms with Crippen LogP contribution in [-0.2, 0) is 0 Å². The van der Waals surface area contributed by atoms with Crippen molar-refractivity contribution in [3.8, 4) is 28.1 Å². The molecule has 0 aliphatic rings. The van der Waals surface area contributed by atoms with Gasteiger partial charge in [-0.1, -0.05) is 17.3 Å². The average molecular weight is 322 g/mol. The predicted molar refractivity (Wildman–Crippen MR) is 91.8 cm³/mol. The smallest absolute Gasteiger partial charge is 0.193 e.